The third-order valence-corrected chi connectivity index (χ3v) is 6.25. The summed E-state index contributed by atoms with van der Waals surface area (Å²) in [6.07, 6.45) is 5.55. The van der Waals surface area contributed by atoms with Crippen LogP contribution in [-0.2, 0) is 22.4 Å². The second-order valence-electron chi connectivity index (χ2n) is 7.91. The van der Waals surface area contributed by atoms with Crippen LogP contribution in [0.25, 0.3) is 5.65 Å². The van der Waals surface area contributed by atoms with E-state index in [1.54, 1.807) is 0 Å². The standard InChI is InChI=1S/C20H28N6O2/c27-20(25-11-13-28-14-12-25)15-4-9-24(10-5-15)19-16-1-6-21-7-2-17(16)23-18-3-8-22-26(18)19/h3,8,15,21H,1-2,4-7,9-14H2. The number of morpholine rings is 1. The minimum Gasteiger partial charge on any atom is -0.378 e. The first-order valence-corrected chi connectivity index (χ1v) is 10.5. The van der Waals surface area contributed by atoms with Crippen molar-refractivity contribution in [1.82, 2.24) is 24.8 Å². The first kappa shape index (κ1) is 17.9. The summed E-state index contributed by atoms with van der Waals surface area (Å²) in [4.78, 5) is 22.1. The number of hydrogen-bond acceptors (Lipinski definition) is 6. The molecule has 5 heterocycles. The minimum atomic E-state index is 0.129. The predicted molar refractivity (Wildman–Crippen MR) is 106 cm³/mol. The quantitative estimate of drug-likeness (QED) is 0.813. The van der Waals surface area contributed by atoms with Crippen molar-refractivity contribution in [2.24, 2.45) is 5.92 Å². The average molecular weight is 384 g/mol. The van der Waals surface area contributed by atoms with Crippen molar-refractivity contribution in [3.8, 4) is 0 Å². The zero-order valence-electron chi connectivity index (χ0n) is 16.3. The number of ether oxygens (including phenoxy) is 1. The molecule has 2 aromatic rings. The van der Waals surface area contributed by atoms with E-state index in [0.29, 0.717) is 19.1 Å². The molecule has 0 aromatic carbocycles. The largest absolute Gasteiger partial charge is 0.378 e. The summed E-state index contributed by atoms with van der Waals surface area (Å²) >= 11 is 0. The molecule has 3 aliphatic heterocycles. The zero-order valence-corrected chi connectivity index (χ0v) is 16.3. The van der Waals surface area contributed by atoms with Crippen molar-refractivity contribution in [3.05, 3.63) is 23.5 Å². The molecule has 1 amide bonds. The lowest BCUT2D eigenvalue weighted by molar-refractivity contribution is -0.140. The predicted octanol–water partition coefficient (Wildman–Crippen LogP) is 0.493. The lowest BCUT2D eigenvalue weighted by atomic mass is 9.94. The number of nitrogens with one attached hydrogen (secondary N) is 1. The number of carbonyl (C=O) groups is 1. The van der Waals surface area contributed by atoms with Gasteiger partial charge in [-0.15, -0.1) is 0 Å². The van der Waals surface area contributed by atoms with Gasteiger partial charge in [-0.25, -0.2) is 4.98 Å². The molecule has 0 aliphatic carbocycles. The fourth-order valence-corrected chi connectivity index (χ4v) is 4.72. The van der Waals surface area contributed by atoms with Crippen LogP contribution in [0, 0.1) is 5.92 Å². The molecule has 8 heteroatoms. The maximum atomic E-state index is 12.9. The molecule has 2 aromatic heterocycles. The lowest BCUT2D eigenvalue weighted by Gasteiger charge is -2.37. The minimum absolute atomic E-state index is 0.129. The van der Waals surface area contributed by atoms with Crippen LogP contribution >= 0.6 is 0 Å². The molecule has 0 spiro atoms. The van der Waals surface area contributed by atoms with E-state index >= 15 is 0 Å². The highest BCUT2D eigenvalue weighted by Gasteiger charge is 2.31. The van der Waals surface area contributed by atoms with Crippen LogP contribution in [-0.4, -0.2) is 77.9 Å². The van der Waals surface area contributed by atoms with Crippen molar-refractivity contribution in [1.29, 1.82) is 0 Å². The summed E-state index contributed by atoms with van der Waals surface area (Å²) in [6, 6.07) is 1.98. The second-order valence-corrected chi connectivity index (χ2v) is 7.91. The summed E-state index contributed by atoms with van der Waals surface area (Å²) in [5, 5.41) is 8.04. The molecule has 0 saturated carbocycles. The maximum absolute atomic E-state index is 12.9. The molecule has 0 radical (unpaired) electrons. The monoisotopic (exact) mass is 384 g/mol. The molecule has 2 fully saturated rings. The Morgan fingerprint density at radius 3 is 2.71 bits per heavy atom. The third-order valence-electron chi connectivity index (χ3n) is 6.25. The highest BCUT2D eigenvalue weighted by molar-refractivity contribution is 5.79. The van der Waals surface area contributed by atoms with Crippen molar-refractivity contribution in [3.63, 3.8) is 0 Å². The van der Waals surface area contributed by atoms with Crippen molar-refractivity contribution in [2.75, 3.05) is 57.4 Å². The summed E-state index contributed by atoms with van der Waals surface area (Å²) < 4.78 is 7.38. The van der Waals surface area contributed by atoms with Gasteiger partial charge in [-0.1, -0.05) is 0 Å². The van der Waals surface area contributed by atoms with E-state index in [0.717, 1.165) is 70.6 Å². The number of carbonyl (C=O) groups excluding carboxylic acids is 1. The molecular weight excluding hydrogens is 356 g/mol. The number of piperidine rings is 1. The SMILES string of the molecule is O=C(C1CCN(c2c3c(nc4ccnn24)CCNCC3)CC1)N1CCOCC1. The molecule has 150 valence electrons. The van der Waals surface area contributed by atoms with Gasteiger partial charge in [0.05, 0.1) is 25.1 Å². The fraction of sp³-hybridized carbons (Fsp3) is 0.650. The van der Waals surface area contributed by atoms with Gasteiger partial charge >= 0.3 is 0 Å². The number of anilines is 1. The lowest BCUT2D eigenvalue weighted by Crippen LogP contribution is -2.47. The summed E-state index contributed by atoms with van der Waals surface area (Å²) in [5.41, 5.74) is 3.43. The average Bonchev–Trinajstić information content (AvgIpc) is 3.09. The van der Waals surface area contributed by atoms with Gasteiger partial charge in [0.2, 0.25) is 5.91 Å². The molecule has 0 atom stereocenters. The van der Waals surface area contributed by atoms with Gasteiger partial charge in [0.1, 0.15) is 5.82 Å². The van der Waals surface area contributed by atoms with Gasteiger partial charge in [-0.05, 0) is 25.8 Å². The van der Waals surface area contributed by atoms with E-state index in [1.165, 1.54) is 17.1 Å². The number of hydrogen-bond donors (Lipinski definition) is 1. The van der Waals surface area contributed by atoms with Crippen LogP contribution in [0.1, 0.15) is 24.1 Å². The number of amides is 1. The van der Waals surface area contributed by atoms with E-state index in [1.807, 2.05) is 21.7 Å². The Labute approximate surface area is 164 Å². The van der Waals surface area contributed by atoms with Gasteiger partial charge in [0.25, 0.3) is 0 Å². The first-order valence-electron chi connectivity index (χ1n) is 10.5. The Morgan fingerprint density at radius 1 is 1.11 bits per heavy atom. The maximum Gasteiger partial charge on any atom is 0.225 e. The van der Waals surface area contributed by atoms with Crippen molar-refractivity contribution >= 4 is 17.4 Å². The van der Waals surface area contributed by atoms with Crippen molar-refractivity contribution < 1.29 is 9.53 Å². The summed E-state index contributed by atoms with van der Waals surface area (Å²) in [7, 11) is 0. The molecule has 5 rings (SSSR count). The fourth-order valence-electron chi connectivity index (χ4n) is 4.72. The van der Waals surface area contributed by atoms with Gasteiger partial charge in [0, 0.05) is 56.7 Å². The van der Waals surface area contributed by atoms with E-state index in [-0.39, 0.29) is 5.92 Å². The summed E-state index contributed by atoms with van der Waals surface area (Å²) in [6.45, 7) is 6.52. The Hall–Kier alpha value is -2.19. The van der Waals surface area contributed by atoms with Crippen LogP contribution in [0.4, 0.5) is 5.82 Å². The number of rotatable bonds is 2. The molecular formula is C20H28N6O2. The smallest absolute Gasteiger partial charge is 0.225 e. The molecule has 1 N–H and O–H groups in total. The number of nitrogens with zero attached hydrogens (tertiary/aromatic N) is 5. The topological polar surface area (TPSA) is 75.0 Å². The molecule has 0 bridgehead atoms. The Morgan fingerprint density at radius 2 is 1.89 bits per heavy atom. The van der Waals surface area contributed by atoms with Crippen LogP contribution in [0.15, 0.2) is 12.3 Å². The first-order chi connectivity index (χ1) is 13.8. The van der Waals surface area contributed by atoms with E-state index < -0.39 is 0 Å². The van der Waals surface area contributed by atoms with Crippen LogP contribution in [0.3, 0.4) is 0 Å². The second kappa shape index (κ2) is 7.67. The number of fused-ring (bicyclic) bond motifs is 2. The van der Waals surface area contributed by atoms with Gasteiger partial charge < -0.3 is 19.9 Å². The van der Waals surface area contributed by atoms with Crippen LogP contribution in [0.5, 0.6) is 0 Å². The van der Waals surface area contributed by atoms with Gasteiger partial charge in [-0.2, -0.15) is 9.61 Å². The normalized spacial score (nSPS) is 21.6. The van der Waals surface area contributed by atoms with Gasteiger partial charge in [-0.3, -0.25) is 4.79 Å². The Balaban J connectivity index is 1.37. The Kier molecular flexibility index (Phi) is 4.90. The molecule has 2 saturated heterocycles. The Bertz CT molecular complexity index is 852. The molecule has 8 nitrogen and oxygen atoms in total. The van der Waals surface area contributed by atoms with Crippen LogP contribution < -0.4 is 10.2 Å². The molecule has 3 aliphatic rings. The highest BCUT2D eigenvalue weighted by atomic mass is 16.5. The highest BCUT2D eigenvalue weighted by Crippen LogP contribution is 2.30. The summed E-state index contributed by atoms with van der Waals surface area (Å²) in [5.74, 6) is 1.63. The zero-order chi connectivity index (χ0) is 18.9. The van der Waals surface area contributed by atoms with E-state index in [4.69, 9.17) is 9.72 Å². The van der Waals surface area contributed by atoms with Crippen molar-refractivity contribution in [2.45, 2.75) is 25.7 Å². The third kappa shape index (κ3) is 3.24. The molecule has 0 unspecified atom stereocenters. The van der Waals surface area contributed by atoms with Gasteiger partial charge in [0.15, 0.2) is 5.65 Å². The van der Waals surface area contributed by atoms with E-state index in [2.05, 4.69) is 15.3 Å². The molecule has 28 heavy (non-hydrogen) atoms. The van der Waals surface area contributed by atoms with E-state index in [9.17, 15) is 4.79 Å². The number of aromatic nitrogens is 3. The van der Waals surface area contributed by atoms with Crippen LogP contribution in [0.2, 0.25) is 0 Å².